The Labute approximate surface area is 206 Å². The number of amides is 1. The quantitative estimate of drug-likeness (QED) is 0.396. The predicted molar refractivity (Wildman–Crippen MR) is 133 cm³/mol. The molecule has 0 spiro atoms. The summed E-state index contributed by atoms with van der Waals surface area (Å²) in [5.74, 6) is 0.767. The second-order valence-electron chi connectivity index (χ2n) is 8.34. The van der Waals surface area contributed by atoms with Gasteiger partial charge in [0.15, 0.2) is 5.82 Å². The molecule has 0 fully saturated rings. The molecule has 0 unspecified atom stereocenters. The molecule has 0 saturated carbocycles. The number of hydrogen-bond donors (Lipinski definition) is 2. The van der Waals surface area contributed by atoms with Crippen molar-refractivity contribution in [3.8, 4) is 5.75 Å². The maximum Gasteiger partial charge on any atom is 0.240 e. The van der Waals surface area contributed by atoms with E-state index in [0.717, 1.165) is 22.4 Å². The van der Waals surface area contributed by atoms with Crippen molar-refractivity contribution in [2.24, 2.45) is 0 Å². The number of nitrogens with one attached hydrogen (secondary N) is 2. The van der Waals surface area contributed by atoms with Gasteiger partial charge >= 0.3 is 0 Å². The molecule has 1 aliphatic rings. The highest BCUT2D eigenvalue weighted by Crippen LogP contribution is 2.38. The minimum Gasteiger partial charge on any atom is -0.486 e. The molecule has 0 bridgehead atoms. The zero-order chi connectivity index (χ0) is 24.4. The number of aromatic nitrogens is 3. The van der Waals surface area contributed by atoms with Crippen molar-refractivity contribution < 1.29 is 13.9 Å². The van der Waals surface area contributed by atoms with Crippen LogP contribution in [-0.2, 0) is 11.4 Å². The maximum absolute atomic E-state index is 13.6. The minimum absolute atomic E-state index is 0.179. The van der Waals surface area contributed by atoms with E-state index in [9.17, 15) is 9.18 Å². The number of anilines is 1. The van der Waals surface area contributed by atoms with Gasteiger partial charge in [0.25, 0.3) is 0 Å². The molecule has 9 heteroatoms. The molecule has 1 aliphatic heterocycles. The standard InChI is InChI=1S/C26H24FN5O2S/c1-16-8-9-17(2)21(14-16)28-25(33)24-23(18-10-12-19(27)13-11-18)31-32-22(29-30-26(32)35-24)15-34-20-6-4-3-5-7-20/h3-14,23-24,31H,15H2,1-2H3,(H,28,33)/t23-,24-/m1/s1. The van der Waals surface area contributed by atoms with Crippen LogP contribution in [0.1, 0.15) is 28.6 Å². The average molecular weight is 490 g/mol. The molecule has 0 radical (unpaired) electrons. The van der Waals surface area contributed by atoms with Crippen molar-refractivity contribution in [3.05, 3.63) is 101 Å². The smallest absolute Gasteiger partial charge is 0.240 e. The molecule has 2 atom stereocenters. The van der Waals surface area contributed by atoms with Gasteiger partial charge in [-0.15, -0.1) is 10.2 Å². The van der Waals surface area contributed by atoms with Crippen molar-refractivity contribution >= 4 is 23.4 Å². The summed E-state index contributed by atoms with van der Waals surface area (Å²) in [5, 5.41) is 11.6. The second kappa shape index (κ2) is 9.79. The van der Waals surface area contributed by atoms with Gasteiger partial charge in [0.2, 0.25) is 11.1 Å². The van der Waals surface area contributed by atoms with Crippen LogP contribution >= 0.6 is 11.8 Å². The summed E-state index contributed by atoms with van der Waals surface area (Å²) in [7, 11) is 0. The molecule has 2 heterocycles. The summed E-state index contributed by atoms with van der Waals surface area (Å²) in [5.41, 5.74) is 6.93. The Morgan fingerprint density at radius 3 is 2.63 bits per heavy atom. The number of rotatable bonds is 6. The Bertz CT molecular complexity index is 1340. The lowest BCUT2D eigenvalue weighted by Crippen LogP contribution is -2.41. The molecule has 0 saturated heterocycles. The molecular formula is C26H24FN5O2S. The first-order valence-electron chi connectivity index (χ1n) is 11.2. The number of para-hydroxylation sites is 1. The Hall–Kier alpha value is -3.85. The number of halogens is 1. The summed E-state index contributed by atoms with van der Waals surface area (Å²) in [6.07, 6.45) is 0. The third kappa shape index (κ3) is 5.00. The number of thioether (sulfide) groups is 1. The van der Waals surface area contributed by atoms with Crippen LogP contribution in [0.5, 0.6) is 5.75 Å². The van der Waals surface area contributed by atoms with E-state index in [1.54, 1.807) is 16.8 Å². The van der Waals surface area contributed by atoms with Crippen LogP contribution in [0.4, 0.5) is 10.1 Å². The van der Waals surface area contributed by atoms with Gasteiger partial charge in [-0.2, -0.15) is 0 Å². The minimum atomic E-state index is -0.569. The lowest BCUT2D eigenvalue weighted by molar-refractivity contribution is -0.116. The van der Waals surface area contributed by atoms with E-state index in [0.29, 0.717) is 16.7 Å². The first kappa shape index (κ1) is 22.9. The molecule has 2 N–H and O–H groups in total. The molecular weight excluding hydrogens is 465 g/mol. The molecule has 4 aromatic rings. The maximum atomic E-state index is 13.6. The van der Waals surface area contributed by atoms with Crippen LogP contribution in [0.3, 0.4) is 0 Å². The average Bonchev–Trinajstić information content (AvgIpc) is 3.27. The number of fused-ring (bicyclic) bond motifs is 1. The first-order chi connectivity index (χ1) is 17.0. The summed E-state index contributed by atoms with van der Waals surface area (Å²) in [6.45, 7) is 4.13. The molecule has 3 aromatic carbocycles. The summed E-state index contributed by atoms with van der Waals surface area (Å²) in [6, 6.07) is 21.1. The van der Waals surface area contributed by atoms with Crippen LogP contribution in [0.25, 0.3) is 0 Å². The van der Waals surface area contributed by atoms with Crippen LogP contribution in [0, 0.1) is 19.7 Å². The SMILES string of the molecule is Cc1ccc(C)c(NC(=O)[C@@H]2Sc3nnc(COc4ccccc4)n3N[C@@H]2c2ccc(F)cc2)c1. The number of benzene rings is 3. The topological polar surface area (TPSA) is 81.1 Å². The van der Waals surface area contributed by atoms with E-state index in [2.05, 4.69) is 20.9 Å². The van der Waals surface area contributed by atoms with Gasteiger partial charge < -0.3 is 15.5 Å². The number of carbonyl (C=O) groups is 1. The normalized spacial score (nSPS) is 16.8. The highest BCUT2D eigenvalue weighted by molar-refractivity contribution is 8.00. The number of nitrogens with zero attached hydrogens (tertiary/aromatic N) is 3. The van der Waals surface area contributed by atoms with Crippen molar-refractivity contribution in [1.82, 2.24) is 14.9 Å². The Kier molecular flexibility index (Phi) is 6.41. The van der Waals surface area contributed by atoms with Crippen molar-refractivity contribution in [2.45, 2.75) is 36.9 Å². The highest BCUT2D eigenvalue weighted by atomic mass is 32.2. The molecule has 35 heavy (non-hydrogen) atoms. The molecule has 178 valence electrons. The molecule has 7 nitrogen and oxygen atoms in total. The zero-order valence-corrected chi connectivity index (χ0v) is 20.1. The van der Waals surface area contributed by atoms with Gasteiger partial charge in [-0.3, -0.25) is 4.79 Å². The third-order valence-corrected chi connectivity index (χ3v) is 6.97. The van der Waals surface area contributed by atoms with Crippen LogP contribution in [0.2, 0.25) is 0 Å². The summed E-state index contributed by atoms with van der Waals surface area (Å²) >= 11 is 1.31. The van der Waals surface area contributed by atoms with E-state index in [-0.39, 0.29) is 18.3 Å². The van der Waals surface area contributed by atoms with Gasteiger partial charge in [0.05, 0.1) is 6.04 Å². The number of carbonyl (C=O) groups excluding carboxylic acids is 1. The number of aryl methyl sites for hydroxylation is 2. The van der Waals surface area contributed by atoms with E-state index in [1.807, 2.05) is 62.4 Å². The summed E-state index contributed by atoms with van der Waals surface area (Å²) < 4.78 is 21.2. The molecule has 1 amide bonds. The molecule has 1 aromatic heterocycles. The predicted octanol–water partition coefficient (Wildman–Crippen LogP) is 5.01. The molecule has 0 aliphatic carbocycles. The summed E-state index contributed by atoms with van der Waals surface area (Å²) in [4.78, 5) is 13.5. The van der Waals surface area contributed by atoms with E-state index in [1.165, 1.54) is 23.9 Å². The van der Waals surface area contributed by atoms with Gasteiger partial charge in [0, 0.05) is 5.69 Å². The Morgan fingerprint density at radius 2 is 1.86 bits per heavy atom. The fourth-order valence-corrected chi connectivity index (χ4v) is 4.95. The van der Waals surface area contributed by atoms with Gasteiger partial charge in [-0.1, -0.05) is 54.2 Å². The van der Waals surface area contributed by atoms with Crippen molar-refractivity contribution in [2.75, 3.05) is 10.7 Å². The Morgan fingerprint density at radius 1 is 1.09 bits per heavy atom. The van der Waals surface area contributed by atoms with E-state index in [4.69, 9.17) is 4.74 Å². The Balaban J connectivity index is 1.43. The fraction of sp³-hybridized carbons (Fsp3) is 0.192. The zero-order valence-electron chi connectivity index (χ0n) is 19.2. The van der Waals surface area contributed by atoms with Gasteiger partial charge in [0.1, 0.15) is 23.4 Å². The van der Waals surface area contributed by atoms with Gasteiger partial charge in [-0.25, -0.2) is 9.07 Å². The van der Waals surface area contributed by atoms with Crippen LogP contribution in [0.15, 0.2) is 78.0 Å². The number of hydrogen-bond acceptors (Lipinski definition) is 6. The lowest BCUT2D eigenvalue weighted by atomic mass is 10.0. The fourth-order valence-electron chi connectivity index (χ4n) is 3.85. The third-order valence-electron chi connectivity index (χ3n) is 5.75. The number of ether oxygens (including phenoxy) is 1. The van der Waals surface area contributed by atoms with Crippen LogP contribution < -0.4 is 15.5 Å². The van der Waals surface area contributed by atoms with E-state index < -0.39 is 11.3 Å². The van der Waals surface area contributed by atoms with Crippen molar-refractivity contribution in [1.29, 1.82) is 0 Å². The monoisotopic (exact) mass is 489 g/mol. The first-order valence-corrected chi connectivity index (χ1v) is 12.0. The van der Waals surface area contributed by atoms with Crippen molar-refractivity contribution in [3.63, 3.8) is 0 Å². The lowest BCUT2D eigenvalue weighted by Gasteiger charge is -2.33. The van der Waals surface area contributed by atoms with Gasteiger partial charge in [-0.05, 0) is 60.9 Å². The highest BCUT2D eigenvalue weighted by Gasteiger charge is 2.38. The largest absolute Gasteiger partial charge is 0.486 e. The van der Waals surface area contributed by atoms with Crippen LogP contribution in [-0.4, -0.2) is 26.0 Å². The van der Waals surface area contributed by atoms with E-state index >= 15 is 0 Å². The molecule has 5 rings (SSSR count). The second-order valence-corrected chi connectivity index (χ2v) is 9.45.